The van der Waals surface area contributed by atoms with Crippen molar-refractivity contribution in [1.82, 2.24) is 60.4 Å². The number of aryl methyl sites for hydroxylation is 8. The van der Waals surface area contributed by atoms with Crippen molar-refractivity contribution in [2.45, 2.75) is 77.5 Å². The number of carbonyl (C=O) groups is 4. The molecule has 0 aliphatic carbocycles. The molecule has 4 amide bonds. The van der Waals surface area contributed by atoms with Gasteiger partial charge in [0.15, 0.2) is 0 Å². The Balaban J connectivity index is 0.000000150. The van der Waals surface area contributed by atoms with Gasteiger partial charge in [-0.1, -0.05) is 311 Å². The summed E-state index contributed by atoms with van der Waals surface area (Å²) < 4.78 is 6.94. The maximum Gasteiger partial charge on any atom is 0.246 e. The fourth-order valence-electron chi connectivity index (χ4n) is 14.8. The summed E-state index contributed by atoms with van der Waals surface area (Å²) in [7, 11) is 7.47. The van der Waals surface area contributed by atoms with E-state index in [1.165, 1.54) is 44.5 Å². The average Bonchev–Trinajstić information content (AvgIpc) is 1.34. The first-order valence-corrected chi connectivity index (χ1v) is 45.2. The van der Waals surface area contributed by atoms with Crippen LogP contribution in [0.3, 0.4) is 0 Å². The van der Waals surface area contributed by atoms with Gasteiger partial charge in [-0.05, 0) is 158 Å². The molecule has 16 rings (SSSR count). The predicted molar refractivity (Wildman–Crippen MR) is 537 cm³/mol. The van der Waals surface area contributed by atoms with Crippen LogP contribution in [0.15, 0.2) is 341 Å². The highest BCUT2D eigenvalue weighted by molar-refractivity contribution is 6.35. The molecule has 4 aromatic heterocycles. The van der Waals surface area contributed by atoms with E-state index in [1.807, 2.05) is 235 Å². The molecule has 132 heavy (non-hydrogen) atoms. The minimum Gasteiger partial charge on any atom is -0.324 e. The number of amides is 4. The Morgan fingerprint density at radius 3 is 0.758 bits per heavy atom. The fourth-order valence-corrected chi connectivity index (χ4v) is 15.9. The molecule has 0 radical (unpaired) electrons. The molecular weight excluding hydrogens is 1730 g/mol. The summed E-state index contributed by atoms with van der Waals surface area (Å²) >= 11 is 26.1. The molecule has 0 spiro atoms. The van der Waals surface area contributed by atoms with Gasteiger partial charge in [-0.2, -0.15) is 20.4 Å². The minimum absolute atomic E-state index is 0.129. The van der Waals surface area contributed by atoms with Crippen LogP contribution in [-0.4, -0.2) is 88.9 Å². The number of hydrogen-bond acceptors (Lipinski definition) is 12. The van der Waals surface area contributed by atoms with Crippen molar-refractivity contribution in [3.63, 3.8) is 0 Å². The Kier molecular flexibility index (Phi) is 34.7. The molecule has 0 unspecified atom stereocenters. The van der Waals surface area contributed by atoms with Gasteiger partial charge in [0.1, 0.15) is 24.2 Å². The third kappa shape index (κ3) is 28.2. The second kappa shape index (κ2) is 47.8. The van der Waals surface area contributed by atoms with Crippen LogP contribution in [0.2, 0.25) is 20.1 Å². The summed E-state index contributed by atoms with van der Waals surface area (Å²) in [6.45, 7) is 11.0. The molecule has 12 aromatic carbocycles. The predicted octanol–water partition coefficient (Wildman–Crippen LogP) is 22.2. The summed E-state index contributed by atoms with van der Waals surface area (Å²) in [5.41, 5.74) is 23.4. The molecule has 0 aliphatic rings. The standard InChI is InChI=1S/4C27H27ClN4O/c2*1-19-8-10-20(11-9-19)14-15-29-26(21-6-4-3-5-7-21)27(33)31-23-12-13-24(25(28)16-23)22-17-30-32(2)18-22;2*1-19-8-10-20(11-9-19)14-15-29-26(21-6-4-3-5-7-21)27(33)31-25-13-12-22(16-24(25)28)23-17-30-32(2)18-23/h4*3-13,16-18,26,29H,14-15H2,1-2H3,(H,31,33)/t4*26-/m1010/s1. The van der Waals surface area contributed by atoms with Crippen LogP contribution in [0.5, 0.6) is 0 Å². The van der Waals surface area contributed by atoms with Crippen LogP contribution in [0.25, 0.3) is 44.5 Å². The molecule has 0 aliphatic heterocycles. The lowest BCUT2D eigenvalue weighted by molar-refractivity contribution is -0.119. The van der Waals surface area contributed by atoms with E-state index in [0.29, 0.717) is 69.0 Å². The number of aromatic nitrogens is 8. The van der Waals surface area contributed by atoms with E-state index >= 15 is 0 Å². The molecule has 0 saturated carbocycles. The third-order valence-corrected chi connectivity index (χ3v) is 23.4. The highest BCUT2D eigenvalue weighted by Crippen LogP contribution is 2.36. The molecule has 8 N–H and O–H groups in total. The monoisotopic (exact) mass is 1830 g/mol. The van der Waals surface area contributed by atoms with Crippen LogP contribution in [0.1, 0.15) is 90.9 Å². The number of halogens is 4. The topological polar surface area (TPSA) is 236 Å². The number of carbonyl (C=O) groups excluding carboxylic acids is 4. The molecule has 24 heteroatoms. The Bertz CT molecular complexity index is 6040. The summed E-state index contributed by atoms with van der Waals surface area (Å²) in [6.07, 6.45) is 18.1. The molecular formula is C108H108Cl4N16O4. The van der Waals surface area contributed by atoms with Gasteiger partial charge in [0, 0.05) is 124 Å². The maximum absolute atomic E-state index is 13.3. The lowest BCUT2D eigenvalue weighted by atomic mass is 10.0. The largest absolute Gasteiger partial charge is 0.324 e. The summed E-state index contributed by atoms with van der Waals surface area (Å²) in [5.74, 6) is -0.562. The molecule has 4 heterocycles. The Hall–Kier alpha value is -13.6. The van der Waals surface area contributed by atoms with Gasteiger partial charge < -0.3 is 42.5 Å². The molecule has 16 aromatic rings. The highest BCUT2D eigenvalue weighted by atomic mass is 35.5. The summed E-state index contributed by atoms with van der Waals surface area (Å²) in [6, 6.07) is 93.1. The van der Waals surface area contributed by atoms with Crippen molar-refractivity contribution in [2.75, 3.05) is 47.4 Å². The van der Waals surface area contributed by atoms with Crippen LogP contribution in [-0.2, 0) is 73.1 Å². The minimum atomic E-state index is -0.495. The molecule has 0 saturated heterocycles. The van der Waals surface area contributed by atoms with Gasteiger partial charge in [0.05, 0.1) is 56.3 Å². The first-order chi connectivity index (χ1) is 64.0. The SMILES string of the molecule is Cc1ccc(CCN[C@@H](C(=O)Nc2ccc(-c3cnn(C)c3)c(Cl)c2)c2ccccc2)cc1.Cc1ccc(CCN[C@@H](C(=O)Nc2ccc(-c3cnn(C)c3)cc2Cl)c2ccccc2)cc1.Cc1ccc(CCN[C@H](C(=O)Nc2ccc(-c3cnn(C)c3)c(Cl)c2)c2ccccc2)cc1.Cc1ccc(CCN[C@H](C(=O)Nc2ccc(-c3cnn(C)c3)cc2Cl)c2ccccc2)cc1. The highest BCUT2D eigenvalue weighted by Gasteiger charge is 2.26. The number of hydrogen-bond donors (Lipinski definition) is 8. The Morgan fingerprint density at radius 2 is 0.523 bits per heavy atom. The van der Waals surface area contributed by atoms with Crippen molar-refractivity contribution in [2.24, 2.45) is 28.2 Å². The number of rotatable bonds is 32. The summed E-state index contributed by atoms with van der Waals surface area (Å²) in [4.78, 5) is 53.0. The lowest BCUT2D eigenvalue weighted by Gasteiger charge is -2.20. The van der Waals surface area contributed by atoms with E-state index in [0.717, 1.165) is 92.4 Å². The number of anilines is 4. The Morgan fingerprint density at radius 1 is 0.273 bits per heavy atom. The van der Waals surface area contributed by atoms with E-state index in [4.69, 9.17) is 46.4 Å². The second-order valence-corrected chi connectivity index (χ2v) is 34.1. The van der Waals surface area contributed by atoms with Crippen molar-refractivity contribution < 1.29 is 19.2 Å². The van der Waals surface area contributed by atoms with Crippen LogP contribution >= 0.6 is 46.4 Å². The number of benzene rings is 12. The van der Waals surface area contributed by atoms with E-state index in [9.17, 15) is 19.2 Å². The van der Waals surface area contributed by atoms with Crippen LogP contribution < -0.4 is 42.5 Å². The molecule has 0 fully saturated rings. The quantitative estimate of drug-likeness (QED) is 0.0197. The zero-order valence-electron chi connectivity index (χ0n) is 75.0. The van der Waals surface area contributed by atoms with E-state index in [-0.39, 0.29) is 23.6 Å². The van der Waals surface area contributed by atoms with Gasteiger partial charge in [-0.25, -0.2) is 0 Å². The molecule has 0 bridgehead atoms. The fraction of sp³-hybridized carbons (Fsp3) is 0.185. The van der Waals surface area contributed by atoms with Gasteiger partial charge in [0.25, 0.3) is 0 Å². The average molecular weight is 1840 g/mol. The summed E-state index contributed by atoms with van der Waals surface area (Å²) in [5, 5.41) is 44.6. The first-order valence-electron chi connectivity index (χ1n) is 43.7. The van der Waals surface area contributed by atoms with Crippen LogP contribution in [0.4, 0.5) is 22.7 Å². The number of nitrogens with one attached hydrogen (secondary N) is 8. The molecule has 20 nitrogen and oxygen atoms in total. The zero-order chi connectivity index (χ0) is 92.8. The normalized spacial score (nSPS) is 11.8. The van der Waals surface area contributed by atoms with Crippen molar-refractivity contribution in [1.29, 1.82) is 0 Å². The third-order valence-electron chi connectivity index (χ3n) is 22.1. The molecule has 672 valence electrons. The van der Waals surface area contributed by atoms with Crippen molar-refractivity contribution >= 4 is 92.8 Å². The number of nitrogens with zero attached hydrogens (tertiary/aromatic N) is 8. The van der Waals surface area contributed by atoms with E-state index in [2.05, 4.69) is 188 Å². The van der Waals surface area contributed by atoms with Gasteiger partial charge in [-0.15, -0.1) is 0 Å². The maximum atomic E-state index is 13.3. The van der Waals surface area contributed by atoms with Gasteiger partial charge >= 0.3 is 0 Å². The first kappa shape index (κ1) is 95.9. The van der Waals surface area contributed by atoms with Gasteiger partial charge in [0.2, 0.25) is 23.6 Å². The van der Waals surface area contributed by atoms with Crippen LogP contribution in [0, 0.1) is 27.7 Å². The van der Waals surface area contributed by atoms with Crippen molar-refractivity contribution in [3.8, 4) is 44.5 Å². The van der Waals surface area contributed by atoms with E-state index < -0.39 is 24.2 Å². The second-order valence-electron chi connectivity index (χ2n) is 32.5. The van der Waals surface area contributed by atoms with Gasteiger partial charge in [-0.3, -0.25) is 37.9 Å². The van der Waals surface area contributed by atoms with E-state index in [1.54, 1.807) is 55.6 Å². The lowest BCUT2D eigenvalue weighted by Crippen LogP contribution is -2.34. The zero-order valence-corrected chi connectivity index (χ0v) is 78.0. The van der Waals surface area contributed by atoms with Crippen molar-refractivity contribution in [3.05, 3.63) is 428 Å². The molecule has 4 atom stereocenters. The smallest absolute Gasteiger partial charge is 0.246 e. The Labute approximate surface area is 792 Å².